The number of aromatic hydroxyl groups is 1. The molecule has 2 atom stereocenters. The highest BCUT2D eigenvalue weighted by Crippen LogP contribution is 2.16. The zero-order valence-electron chi connectivity index (χ0n) is 13.3. The van der Waals surface area contributed by atoms with Crippen LogP contribution in [-0.4, -0.2) is 22.2 Å². The molecule has 0 saturated carbocycles. The fourth-order valence-corrected chi connectivity index (χ4v) is 2.42. The summed E-state index contributed by atoms with van der Waals surface area (Å²) in [6.45, 7) is 1.95. The van der Waals surface area contributed by atoms with Gasteiger partial charge >= 0.3 is 0 Å². The Labute approximate surface area is 136 Å². The van der Waals surface area contributed by atoms with E-state index in [4.69, 9.17) is 0 Å². The lowest BCUT2D eigenvalue weighted by Crippen LogP contribution is -2.33. The molecule has 23 heavy (non-hydrogen) atoms. The van der Waals surface area contributed by atoms with Gasteiger partial charge in [0.15, 0.2) is 0 Å². The molecule has 4 nitrogen and oxygen atoms in total. The van der Waals surface area contributed by atoms with Crippen molar-refractivity contribution in [3.63, 3.8) is 0 Å². The number of rotatable bonds is 7. The van der Waals surface area contributed by atoms with Crippen molar-refractivity contribution in [1.82, 2.24) is 5.32 Å². The Hall–Kier alpha value is -2.33. The zero-order valence-corrected chi connectivity index (χ0v) is 13.3. The number of carbonyl (C=O) groups is 1. The number of aliphatic hydroxyl groups is 1. The minimum Gasteiger partial charge on any atom is -0.508 e. The molecule has 4 heteroatoms. The molecule has 0 fully saturated rings. The average molecular weight is 313 g/mol. The second-order valence-corrected chi connectivity index (χ2v) is 5.80. The summed E-state index contributed by atoms with van der Waals surface area (Å²) in [6, 6.07) is 16.3. The summed E-state index contributed by atoms with van der Waals surface area (Å²) in [5, 5.41) is 22.2. The highest BCUT2D eigenvalue weighted by Gasteiger charge is 2.14. The Morgan fingerprint density at radius 1 is 1.09 bits per heavy atom. The number of benzene rings is 2. The number of aliphatic hydroxyl groups excluding tert-OH is 1. The lowest BCUT2D eigenvalue weighted by molar-refractivity contribution is -0.123. The number of hydrogen-bond donors (Lipinski definition) is 3. The molecule has 1 amide bonds. The van der Waals surface area contributed by atoms with Gasteiger partial charge < -0.3 is 15.5 Å². The molecule has 2 aromatic rings. The van der Waals surface area contributed by atoms with Gasteiger partial charge in [-0.3, -0.25) is 4.79 Å². The quantitative estimate of drug-likeness (QED) is 0.736. The maximum absolute atomic E-state index is 12.0. The van der Waals surface area contributed by atoms with E-state index in [-0.39, 0.29) is 24.1 Å². The van der Waals surface area contributed by atoms with Crippen LogP contribution in [0, 0.1) is 0 Å². The van der Waals surface area contributed by atoms with E-state index in [0.29, 0.717) is 0 Å². The maximum Gasteiger partial charge on any atom is 0.223 e. The first kappa shape index (κ1) is 17.0. The minimum absolute atomic E-state index is 0.0271. The SMILES string of the molecule is CC(CCc1ccc(O)cc1)NC(=O)CC(O)c1ccccc1. The van der Waals surface area contributed by atoms with Gasteiger partial charge in [-0.1, -0.05) is 42.5 Å². The van der Waals surface area contributed by atoms with Crippen LogP contribution in [0.3, 0.4) is 0 Å². The molecule has 0 bridgehead atoms. The average Bonchev–Trinajstić information content (AvgIpc) is 2.55. The van der Waals surface area contributed by atoms with Gasteiger partial charge in [0.2, 0.25) is 5.91 Å². The van der Waals surface area contributed by atoms with E-state index in [1.165, 1.54) is 0 Å². The number of amides is 1. The fraction of sp³-hybridized carbons (Fsp3) is 0.316. The van der Waals surface area contributed by atoms with E-state index < -0.39 is 6.10 Å². The minimum atomic E-state index is -0.777. The number of aryl methyl sites for hydroxylation is 1. The first-order valence-corrected chi connectivity index (χ1v) is 7.85. The number of nitrogens with one attached hydrogen (secondary N) is 1. The third-order valence-electron chi connectivity index (χ3n) is 3.77. The molecule has 0 radical (unpaired) electrons. The molecule has 3 N–H and O–H groups in total. The largest absolute Gasteiger partial charge is 0.508 e. The van der Waals surface area contributed by atoms with Crippen molar-refractivity contribution in [3.05, 3.63) is 65.7 Å². The topological polar surface area (TPSA) is 69.6 Å². The summed E-state index contributed by atoms with van der Waals surface area (Å²) in [5.41, 5.74) is 1.87. The predicted molar refractivity (Wildman–Crippen MR) is 90.1 cm³/mol. The summed E-state index contributed by atoms with van der Waals surface area (Å²) in [6.07, 6.45) is 0.912. The molecule has 2 unspecified atom stereocenters. The van der Waals surface area contributed by atoms with Crippen molar-refractivity contribution in [2.24, 2.45) is 0 Å². The number of hydrogen-bond acceptors (Lipinski definition) is 3. The smallest absolute Gasteiger partial charge is 0.223 e. The number of carbonyl (C=O) groups excluding carboxylic acids is 1. The van der Waals surface area contributed by atoms with Crippen molar-refractivity contribution in [3.8, 4) is 5.75 Å². The van der Waals surface area contributed by atoms with Gasteiger partial charge in [-0.05, 0) is 43.0 Å². The molecule has 122 valence electrons. The van der Waals surface area contributed by atoms with Crippen LogP contribution >= 0.6 is 0 Å². The van der Waals surface area contributed by atoms with Crippen molar-refractivity contribution in [2.45, 2.75) is 38.3 Å². The van der Waals surface area contributed by atoms with E-state index in [1.54, 1.807) is 12.1 Å². The van der Waals surface area contributed by atoms with Crippen LogP contribution in [0.1, 0.15) is 37.0 Å². The molecule has 0 aromatic heterocycles. The van der Waals surface area contributed by atoms with Crippen molar-refractivity contribution < 1.29 is 15.0 Å². The molecule has 2 rings (SSSR count). The number of phenols is 1. The predicted octanol–water partition coefficient (Wildman–Crippen LogP) is 2.95. The van der Waals surface area contributed by atoms with Gasteiger partial charge in [0.25, 0.3) is 0 Å². The van der Waals surface area contributed by atoms with Gasteiger partial charge in [0.1, 0.15) is 5.75 Å². The van der Waals surface area contributed by atoms with Gasteiger partial charge in [-0.2, -0.15) is 0 Å². The molecule has 0 spiro atoms. The van der Waals surface area contributed by atoms with Gasteiger partial charge in [0, 0.05) is 6.04 Å². The van der Waals surface area contributed by atoms with Crippen molar-refractivity contribution in [1.29, 1.82) is 0 Å². The van der Waals surface area contributed by atoms with Crippen LogP contribution in [0.25, 0.3) is 0 Å². The Bertz CT molecular complexity index is 610. The Kier molecular flexibility index (Phi) is 6.18. The first-order chi connectivity index (χ1) is 11.0. The van der Waals surface area contributed by atoms with E-state index in [0.717, 1.165) is 24.0 Å². The van der Waals surface area contributed by atoms with Crippen LogP contribution in [0.5, 0.6) is 5.75 Å². The van der Waals surface area contributed by atoms with Gasteiger partial charge in [-0.25, -0.2) is 0 Å². The monoisotopic (exact) mass is 313 g/mol. The van der Waals surface area contributed by atoms with Gasteiger partial charge in [0.05, 0.1) is 12.5 Å². The molecule has 0 saturated heterocycles. The van der Waals surface area contributed by atoms with E-state index in [2.05, 4.69) is 5.32 Å². The molecular formula is C19H23NO3. The maximum atomic E-state index is 12.0. The summed E-state index contributed by atoms with van der Waals surface area (Å²) in [5.74, 6) is 0.101. The van der Waals surface area contributed by atoms with Crippen molar-refractivity contribution >= 4 is 5.91 Å². The van der Waals surface area contributed by atoms with Crippen LogP contribution in [0.4, 0.5) is 0 Å². The molecule has 2 aromatic carbocycles. The van der Waals surface area contributed by atoms with Crippen LogP contribution in [-0.2, 0) is 11.2 Å². The third-order valence-corrected chi connectivity index (χ3v) is 3.77. The summed E-state index contributed by atoms with van der Waals surface area (Å²) in [7, 11) is 0. The van der Waals surface area contributed by atoms with Crippen LogP contribution in [0.2, 0.25) is 0 Å². The Balaban J connectivity index is 1.75. The van der Waals surface area contributed by atoms with Gasteiger partial charge in [-0.15, -0.1) is 0 Å². The van der Waals surface area contributed by atoms with Crippen LogP contribution in [0.15, 0.2) is 54.6 Å². The molecule has 0 aliphatic heterocycles. The fourth-order valence-electron chi connectivity index (χ4n) is 2.42. The lowest BCUT2D eigenvalue weighted by atomic mass is 10.0. The summed E-state index contributed by atoms with van der Waals surface area (Å²) >= 11 is 0. The highest BCUT2D eigenvalue weighted by atomic mass is 16.3. The molecule has 0 aliphatic rings. The summed E-state index contributed by atoms with van der Waals surface area (Å²) in [4.78, 5) is 12.0. The summed E-state index contributed by atoms with van der Waals surface area (Å²) < 4.78 is 0. The second-order valence-electron chi connectivity index (χ2n) is 5.80. The molecule has 0 aliphatic carbocycles. The van der Waals surface area contributed by atoms with Crippen molar-refractivity contribution in [2.75, 3.05) is 0 Å². The molecular weight excluding hydrogens is 290 g/mol. The van der Waals surface area contributed by atoms with E-state index in [1.807, 2.05) is 49.4 Å². The Morgan fingerprint density at radius 3 is 2.39 bits per heavy atom. The standard InChI is InChI=1S/C19H23NO3/c1-14(7-8-15-9-11-17(21)12-10-15)20-19(23)13-18(22)16-5-3-2-4-6-16/h2-6,9-12,14,18,21-22H,7-8,13H2,1H3,(H,20,23). The first-order valence-electron chi connectivity index (χ1n) is 7.85. The lowest BCUT2D eigenvalue weighted by Gasteiger charge is -2.16. The normalized spacial score (nSPS) is 13.3. The zero-order chi connectivity index (χ0) is 16.7. The highest BCUT2D eigenvalue weighted by molar-refractivity contribution is 5.76. The van der Waals surface area contributed by atoms with Crippen LogP contribution < -0.4 is 5.32 Å². The third kappa shape index (κ3) is 5.75. The van der Waals surface area contributed by atoms with E-state index >= 15 is 0 Å². The Morgan fingerprint density at radius 2 is 1.74 bits per heavy atom. The second kappa shape index (κ2) is 8.34. The molecule has 0 heterocycles. The number of phenolic OH excluding ortho intramolecular Hbond substituents is 1. The van der Waals surface area contributed by atoms with E-state index in [9.17, 15) is 15.0 Å².